The average molecular weight is 261 g/mol. The summed E-state index contributed by atoms with van der Waals surface area (Å²) in [5.41, 5.74) is 1.52. The summed E-state index contributed by atoms with van der Waals surface area (Å²) in [4.78, 5) is 1.48. The molecule has 2 aliphatic rings. The molecule has 1 fully saturated rings. The van der Waals surface area contributed by atoms with E-state index in [4.69, 9.17) is 0 Å². The van der Waals surface area contributed by atoms with Crippen LogP contribution in [0.15, 0.2) is 29.2 Å². The number of nitrogens with one attached hydrogen (secondary N) is 1. The molecule has 0 saturated heterocycles. The maximum atomic E-state index is 3.91. The minimum absolute atomic E-state index is 0.578. The molecule has 0 aromatic heterocycles. The number of fused-ring (bicyclic) bond motifs is 1. The molecule has 0 spiro atoms. The standard InChI is InChI=1S/C16H23NS/c1-11-7-12(2)9-13(8-11)17-15-10-18-16-6-4-3-5-14(15)16/h3-6,11-13,15,17H,7-10H2,1-2H3. The monoisotopic (exact) mass is 261 g/mol. The molecule has 3 atom stereocenters. The second-order valence-corrected chi connectivity index (χ2v) is 7.24. The fourth-order valence-electron chi connectivity index (χ4n) is 3.67. The fourth-order valence-corrected chi connectivity index (χ4v) is 4.84. The Bertz CT molecular complexity index is 407. The van der Waals surface area contributed by atoms with Gasteiger partial charge in [-0.05, 0) is 42.7 Å². The van der Waals surface area contributed by atoms with E-state index in [-0.39, 0.29) is 0 Å². The van der Waals surface area contributed by atoms with Crippen molar-refractivity contribution >= 4 is 11.8 Å². The molecule has 1 aromatic rings. The van der Waals surface area contributed by atoms with Crippen LogP contribution in [-0.2, 0) is 0 Å². The minimum atomic E-state index is 0.578. The Labute approximate surface area is 115 Å². The zero-order valence-corrected chi connectivity index (χ0v) is 12.2. The van der Waals surface area contributed by atoms with Crippen molar-refractivity contribution in [3.8, 4) is 0 Å². The summed E-state index contributed by atoms with van der Waals surface area (Å²) >= 11 is 2.00. The van der Waals surface area contributed by atoms with Crippen LogP contribution in [0.5, 0.6) is 0 Å². The van der Waals surface area contributed by atoms with Crippen molar-refractivity contribution in [2.45, 2.75) is 50.1 Å². The minimum Gasteiger partial charge on any atom is -0.306 e. The van der Waals surface area contributed by atoms with Gasteiger partial charge in [-0.15, -0.1) is 11.8 Å². The summed E-state index contributed by atoms with van der Waals surface area (Å²) in [5, 5.41) is 3.91. The molecule has 2 heteroatoms. The van der Waals surface area contributed by atoms with Crippen molar-refractivity contribution in [2.75, 3.05) is 5.75 Å². The van der Waals surface area contributed by atoms with Crippen LogP contribution in [0.4, 0.5) is 0 Å². The quantitative estimate of drug-likeness (QED) is 0.854. The summed E-state index contributed by atoms with van der Waals surface area (Å²) < 4.78 is 0. The lowest BCUT2D eigenvalue weighted by Gasteiger charge is -2.34. The maximum Gasteiger partial charge on any atom is 0.0428 e. The van der Waals surface area contributed by atoms with Crippen LogP contribution in [0.3, 0.4) is 0 Å². The first kappa shape index (κ1) is 12.6. The Hall–Kier alpha value is -0.470. The van der Waals surface area contributed by atoms with Crippen molar-refractivity contribution in [3.05, 3.63) is 29.8 Å². The van der Waals surface area contributed by atoms with E-state index in [1.54, 1.807) is 0 Å². The Balaban J connectivity index is 1.67. The molecule has 0 radical (unpaired) electrons. The third-order valence-electron chi connectivity index (χ3n) is 4.32. The molecule has 1 aliphatic carbocycles. The van der Waals surface area contributed by atoms with Gasteiger partial charge in [-0.25, -0.2) is 0 Å². The highest BCUT2D eigenvalue weighted by molar-refractivity contribution is 7.99. The van der Waals surface area contributed by atoms with Crippen molar-refractivity contribution in [1.82, 2.24) is 5.32 Å². The van der Waals surface area contributed by atoms with Crippen molar-refractivity contribution in [1.29, 1.82) is 0 Å². The van der Waals surface area contributed by atoms with E-state index in [0.29, 0.717) is 6.04 Å². The predicted molar refractivity (Wildman–Crippen MR) is 79.0 cm³/mol. The van der Waals surface area contributed by atoms with Crippen molar-refractivity contribution in [3.63, 3.8) is 0 Å². The van der Waals surface area contributed by atoms with Gasteiger partial charge in [-0.3, -0.25) is 0 Å². The maximum absolute atomic E-state index is 3.91. The highest BCUT2D eigenvalue weighted by atomic mass is 32.2. The molecule has 1 saturated carbocycles. The second-order valence-electron chi connectivity index (χ2n) is 6.18. The SMILES string of the molecule is CC1CC(C)CC(NC2CSc3ccccc32)C1. The summed E-state index contributed by atoms with van der Waals surface area (Å²) in [7, 11) is 0. The van der Waals surface area contributed by atoms with E-state index in [9.17, 15) is 0 Å². The van der Waals surface area contributed by atoms with Gasteiger partial charge in [-0.2, -0.15) is 0 Å². The van der Waals surface area contributed by atoms with E-state index in [2.05, 4.69) is 43.4 Å². The van der Waals surface area contributed by atoms with Crippen molar-refractivity contribution in [2.24, 2.45) is 11.8 Å². The lowest BCUT2D eigenvalue weighted by Crippen LogP contribution is -2.38. The average Bonchev–Trinajstić information content (AvgIpc) is 2.72. The van der Waals surface area contributed by atoms with Gasteiger partial charge >= 0.3 is 0 Å². The lowest BCUT2D eigenvalue weighted by atomic mass is 9.80. The summed E-state index contributed by atoms with van der Waals surface area (Å²) in [5.74, 6) is 2.98. The molecule has 98 valence electrons. The van der Waals surface area contributed by atoms with E-state index in [1.165, 1.54) is 35.5 Å². The molecule has 1 aliphatic heterocycles. The summed E-state index contributed by atoms with van der Waals surface area (Å²) in [6.45, 7) is 4.81. The number of hydrogen-bond acceptors (Lipinski definition) is 2. The van der Waals surface area contributed by atoms with Gasteiger partial charge < -0.3 is 5.32 Å². The van der Waals surface area contributed by atoms with Crippen LogP contribution >= 0.6 is 11.8 Å². The fraction of sp³-hybridized carbons (Fsp3) is 0.625. The molecular formula is C16H23NS. The molecule has 3 unspecified atom stereocenters. The molecule has 3 rings (SSSR count). The van der Waals surface area contributed by atoms with E-state index < -0.39 is 0 Å². The summed E-state index contributed by atoms with van der Waals surface area (Å²) in [6, 6.07) is 10.2. The smallest absolute Gasteiger partial charge is 0.0428 e. The number of rotatable bonds is 2. The number of thioether (sulfide) groups is 1. The first-order chi connectivity index (χ1) is 8.72. The molecule has 1 nitrogen and oxygen atoms in total. The number of hydrogen-bond donors (Lipinski definition) is 1. The normalized spacial score (nSPS) is 35.4. The van der Waals surface area contributed by atoms with E-state index >= 15 is 0 Å². The molecule has 0 amide bonds. The largest absolute Gasteiger partial charge is 0.306 e. The van der Waals surface area contributed by atoms with Gasteiger partial charge in [0.05, 0.1) is 0 Å². The first-order valence-corrected chi connectivity index (χ1v) is 8.18. The predicted octanol–water partition coefficient (Wildman–Crippen LogP) is 4.25. The zero-order valence-electron chi connectivity index (χ0n) is 11.4. The second kappa shape index (κ2) is 5.26. The molecule has 0 bridgehead atoms. The molecular weight excluding hydrogens is 238 g/mol. The van der Waals surface area contributed by atoms with E-state index in [0.717, 1.165) is 17.9 Å². The molecule has 18 heavy (non-hydrogen) atoms. The first-order valence-electron chi connectivity index (χ1n) is 7.20. The van der Waals surface area contributed by atoms with Crippen molar-refractivity contribution < 1.29 is 0 Å². The lowest BCUT2D eigenvalue weighted by molar-refractivity contribution is 0.229. The van der Waals surface area contributed by atoms with Crippen LogP contribution in [0.1, 0.15) is 44.7 Å². The third kappa shape index (κ3) is 2.60. The van der Waals surface area contributed by atoms with Crippen LogP contribution in [0, 0.1) is 11.8 Å². The summed E-state index contributed by atoms with van der Waals surface area (Å²) in [6.07, 6.45) is 4.12. The number of benzene rings is 1. The van der Waals surface area contributed by atoms with Crippen LogP contribution in [-0.4, -0.2) is 11.8 Å². The van der Waals surface area contributed by atoms with Gasteiger partial charge in [0.15, 0.2) is 0 Å². The topological polar surface area (TPSA) is 12.0 Å². The van der Waals surface area contributed by atoms with Crippen LogP contribution < -0.4 is 5.32 Å². The Morgan fingerprint density at radius 1 is 1.06 bits per heavy atom. The highest BCUT2D eigenvalue weighted by Gasteiger charge is 2.29. The Morgan fingerprint density at radius 2 is 1.78 bits per heavy atom. The zero-order chi connectivity index (χ0) is 12.5. The van der Waals surface area contributed by atoms with E-state index in [1.807, 2.05) is 11.8 Å². The van der Waals surface area contributed by atoms with Gasteiger partial charge in [0.25, 0.3) is 0 Å². The van der Waals surface area contributed by atoms with Gasteiger partial charge in [0, 0.05) is 22.7 Å². The van der Waals surface area contributed by atoms with Gasteiger partial charge in [0.1, 0.15) is 0 Å². The third-order valence-corrected chi connectivity index (χ3v) is 5.50. The van der Waals surface area contributed by atoms with Gasteiger partial charge in [-0.1, -0.05) is 32.0 Å². The highest BCUT2D eigenvalue weighted by Crippen LogP contribution is 2.39. The van der Waals surface area contributed by atoms with Crippen LogP contribution in [0.2, 0.25) is 0 Å². The van der Waals surface area contributed by atoms with Crippen LogP contribution in [0.25, 0.3) is 0 Å². The molecule has 1 heterocycles. The van der Waals surface area contributed by atoms with Gasteiger partial charge in [0.2, 0.25) is 0 Å². The molecule has 1 aromatic carbocycles. The molecule has 1 N–H and O–H groups in total. The Kier molecular flexibility index (Phi) is 3.67. The Morgan fingerprint density at radius 3 is 2.56 bits per heavy atom.